The Morgan fingerprint density at radius 3 is 2.69 bits per heavy atom. The summed E-state index contributed by atoms with van der Waals surface area (Å²) >= 11 is 0. The zero-order valence-electron chi connectivity index (χ0n) is 15.9. The van der Waals surface area contributed by atoms with Gasteiger partial charge in [0.2, 0.25) is 5.95 Å². The van der Waals surface area contributed by atoms with E-state index in [1.807, 2.05) is 4.90 Å². The highest BCUT2D eigenvalue weighted by atomic mass is 19.1. The fraction of sp³-hybridized carbons (Fsp3) is 0.350. The van der Waals surface area contributed by atoms with E-state index < -0.39 is 12.0 Å². The van der Waals surface area contributed by atoms with Gasteiger partial charge < -0.3 is 19.8 Å². The van der Waals surface area contributed by atoms with Crippen LogP contribution >= 0.6 is 0 Å². The fourth-order valence-corrected chi connectivity index (χ4v) is 3.71. The quantitative estimate of drug-likeness (QED) is 0.649. The second-order valence-corrected chi connectivity index (χ2v) is 7.06. The van der Waals surface area contributed by atoms with Crippen LogP contribution in [0.1, 0.15) is 12.8 Å². The van der Waals surface area contributed by atoms with Crippen LogP contribution in [0, 0.1) is 11.9 Å². The number of anilines is 1. The number of hydrogen-bond donors (Lipinski definition) is 2. The first-order valence-electron chi connectivity index (χ1n) is 9.33. The minimum Gasteiger partial charge on any atom is -0.495 e. The minimum absolute atomic E-state index is 0.0818. The van der Waals surface area contributed by atoms with Gasteiger partial charge in [0.15, 0.2) is 0 Å². The Bertz CT molecular complexity index is 1060. The summed E-state index contributed by atoms with van der Waals surface area (Å²) in [7, 11) is 1.49. The number of aromatic nitrogens is 3. The molecule has 2 N–H and O–H groups in total. The number of aliphatic hydroxyl groups excluding tert-OH is 1. The predicted molar refractivity (Wildman–Crippen MR) is 105 cm³/mol. The third-order valence-electron chi connectivity index (χ3n) is 5.35. The van der Waals surface area contributed by atoms with E-state index in [4.69, 9.17) is 4.74 Å². The maximum Gasteiger partial charge on any atom is 0.417 e. The Morgan fingerprint density at radius 2 is 2.07 bits per heavy atom. The van der Waals surface area contributed by atoms with E-state index in [-0.39, 0.29) is 29.4 Å². The zero-order chi connectivity index (χ0) is 20.5. The van der Waals surface area contributed by atoms with Gasteiger partial charge in [-0.2, -0.15) is 4.39 Å². The fourth-order valence-electron chi connectivity index (χ4n) is 3.71. The predicted octanol–water partition coefficient (Wildman–Crippen LogP) is 2.98. The second-order valence-electron chi connectivity index (χ2n) is 7.06. The maximum atomic E-state index is 14.9. The van der Waals surface area contributed by atoms with Crippen molar-refractivity contribution < 1.29 is 24.1 Å². The summed E-state index contributed by atoms with van der Waals surface area (Å²) in [5, 5.41) is 19.4. The molecule has 0 bridgehead atoms. The van der Waals surface area contributed by atoms with E-state index in [1.165, 1.54) is 13.3 Å². The van der Waals surface area contributed by atoms with Crippen molar-refractivity contribution in [3.8, 4) is 17.0 Å². The van der Waals surface area contributed by atoms with Crippen LogP contribution in [0.3, 0.4) is 0 Å². The molecule has 152 valence electrons. The molecule has 4 heterocycles. The molecule has 0 spiro atoms. The van der Waals surface area contributed by atoms with E-state index in [2.05, 4.69) is 9.97 Å². The van der Waals surface area contributed by atoms with Gasteiger partial charge in [-0.1, -0.05) is 0 Å². The van der Waals surface area contributed by atoms with Crippen molar-refractivity contribution in [3.63, 3.8) is 0 Å². The summed E-state index contributed by atoms with van der Waals surface area (Å²) in [4.78, 5) is 22.0. The first-order valence-corrected chi connectivity index (χ1v) is 9.33. The second kappa shape index (κ2) is 7.67. The van der Waals surface area contributed by atoms with Gasteiger partial charge in [0.25, 0.3) is 0 Å². The van der Waals surface area contributed by atoms with Crippen LogP contribution in [0.25, 0.3) is 22.3 Å². The Morgan fingerprint density at radius 1 is 1.31 bits per heavy atom. The average Bonchev–Trinajstić information content (AvgIpc) is 3.12. The molecule has 29 heavy (non-hydrogen) atoms. The first-order chi connectivity index (χ1) is 14.0. The van der Waals surface area contributed by atoms with Crippen LogP contribution in [-0.2, 0) is 0 Å². The van der Waals surface area contributed by atoms with E-state index in [0.29, 0.717) is 30.0 Å². The Hall–Kier alpha value is -3.20. The van der Waals surface area contributed by atoms with Crippen molar-refractivity contribution in [2.75, 3.05) is 31.7 Å². The van der Waals surface area contributed by atoms with Crippen LogP contribution in [0.2, 0.25) is 0 Å². The molecule has 0 unspecified atom stereocenters. The zero-order valence-corrected chi connectivity index (χ0v) is 15.9. The van der Waals surface area contributed by atoms with Gasteiger partial charge >= 0.3 is 6.09 Å². The van der Waals surface area contributed by atoms with Gasteiger partial charge in [0, 0.05) is 25.1 Å². The summed E-state index contributed by atoms with van der Waals surface area (Å²) in [6, 6.07) is 6.44. The number of hydrogen-bond acceptors (Lipinski definition) is 6. The van der Waals surface area contributed by atoms with Crippen molar-refractivity contribution in [2.24, 2.45) is 5.92 Å². The molecule has 0 atom stereocenters. The summed E-state index contributed by atoms with van der Waals surface area (Å²) in [5.74, 6) is 0.502. The van der Waals surface area contributed by atoms with Gasteiger partial charge in [0.1, 0.15) is 17.2 Å². The molecule has 1 fully saturated rings. The van der Waals surface area contributed by atoms with Crippen molar-refractivity contribution in [1.82, 2.24) is 14.5 Å². The summed E-state index contributed by atoms with van der Waals surface area (Å²) < 4.78 is 21.0. The third-order valence-corrected chi connectivity index (χ3v) is 5.35. The Balaban J connectivity index is 1.72. The third kappa shape index (κ3) is 3.49. The van der Waals surface area contributed by atoms with Crippen molar-refractivity contribution >= 4 is 22.9 Å². The van der Waals surface area contributed by atoms with E-state index in [0.717, 1.165) is 17.4 Å². The van der Waals surface area contributed by atoms with Crippen LogP contribution in [0.4, 0.5) is 15.0 Å². The lowest BCUT2D eigenvalue weighted by Crippen LogP contribution is -2.35. The number of pyridine rings is 2. The van der Waals surface area contributed by atoms with E-state index in [1.54, 1.807) is 24.3 Å². The van der Waals surface area contributed by atoms with Crippen LogP contribution < -0.4 is 9.64 Å². The number of fused-ring (bicyclic) bond motifs is 1. The monoisotopic (exact) mass is 400 g/mol. The molecule has 0 amide bonds. The lowest BCUT2D eigenvalue weighted by atomic mass is 9.98. The molecule has 0 radical (unpaired) electrons. The number of halogens is 1. The molecule has 0 aromatic carbocycles. The minimum atomic E-state index is -1.26. The number of rotatable bonds is 4. The number of carboxylic acid groups (broad SMARTS) is 1. The number of carbonyl (C=O) groups is 1. The normalized spacial score (nSPS) is 15.1. The number of methoxy groups -OCH3 is 1. The maximum absolute atomic E-state index is 14.9. The summed E-state index contributed by atoms with van der Waals surface area (Å²) in [6.45, 7) is 1.54. The molecule has 0 saturated carbocycles. The Labute approximate surface area is 166 Å². The van der Waals surface area contributed by atoms with Crippen LogP contribution in [-0.4, -0.2) is 57.6 Å². The van der Waals surface area contributed by atoms with E-state index in [9.17, 15) is 19.4 Å². The largest absolute Gasteiger partial charge is 0.495 e. The van der Waals surface area contributed by atoms with Crippen LogP contribution in [0.5, 0.6) is 5.75 Å². The number of aliphatic hydroxyl groups is 1. The molecule has 4 rings (SSSR count). The Kier molecular flexibility index (Phi) is 5.06. The van der Waals surface area contributed by atoms with E-state index >= 15 is 0 Å². The molecule has 1 saturated heterocycles. The van der Waals surface area contributed by atoms with Gasteiger partial charge in [0.05, 0.1) is 24.6 Å². The first kappa shape index (κ1) is 19.1. The lowest BCUT2D eigenvalue weighted by molar-refractivity contribution is 0.197. The van der Waals surface area contributed by atoms with Gasteiger partial charge in [-0.05, 0) is 43.0 Å². The molecule has 3 aromatic heterocycles. The van der Waals surface area contributed by atoms with Crippen molar-refractivity contribution in [2.45, 2.75) is 12.8 Å². The highest BCUT2D eigenvalue weighted by molar-refractivity contribution is 5.94. The molecule has 9 heteroatoms. The number of nitrogens with zero attached hydrogens (tertiary/aromatic N) is 4. The van der Waals surface area contributed by atoms with Crippen LogP contribution in [0.15, 0.2) is 30.5 Å². The molecule has 8 nitrogen and oxygen atoms in total. The average molecular weight is 400 g/mol. The molecule has 0 aliphatic carbocycles. The molecule has 1 aliphatic heterocycles. The molecular formula is C20H21FN4O4. The summed E-state index contributed by atoms with van der Waals surface area (Å²) in [5.41, 5.74) is 0.435. The summed E-state index contributed by atoms with van der Waals surface area (Å²) in [6.07, 6.45) is 1.80. The van der Waals surface area contributed by atoms with Gasteiger partial charge in [-0.3, -0.25) is 0 Å². The van der Waals surface area contributed by atoms with Gasteiger partial charge in [-0.25, -0.2) is 19.3 Å². The highest BCUT2D eigenvalue weighted by Crippen LogP contribution is 2.32. The SMILES string of the molecule is COc1cnc2c(c1)cc(-c1ccc(N3CCC(CO)CC3)nc1F)n2C(=O)O. The topological polar surface area (TPSA) is 101 Å². The van der Waals surface area contributed by atoms with Crippen molar-refractivity contribution in [1.29, 1.82) is 0 Å². The lowest BCUT2D eigenvalue weighted by Gasteiger charge is -2.32. The molecule has 3 aromatic rings. The smallest absolute Gasteiger partial charge is 0.417 e. The molecule has 1 aliphatic rings. The van der Waals surface area contributed by atoms with Crippen molar-refractivity contribution in [3.05, 3.63) is 36.4 Å². The number of ether oxygens (including phenoxy) is 1. The standard InChI is InChI=1S/C20H21FN4O4/c1-29-14-8-13-9-16(25(20(27)28)19(13)22-10-14)15-2-3-17(23-18(15)21)24-6-4-12(11-26)5-7-24/h2-3,8-10,12,26H,4-7,11H2,1H3,(H,27,28). The number of piperidine rings is 1. The van der Waals surface area contributed by atoms with Gasteiger partial charge in [-0.15, -0.1) is 0 Å². The highest BCUT2D eigenvalue weighted by Gasteiger charge is 2.23. The molecular weight excluding hydrogens is 379 g/mol.